The van der Waals surface area contributed by atoms with E-state index in [1.807, 2.05) is 5.43 Å². The van der Waals surface area contributed by atoms with Crippen LogP contribution < -0.4 is 11.3 Å². The molecule has 5 nitrogen and oxygen atoms in total. The molecule has 2 rings (SSSR count). The molecule has 0 spiro atoms. The van der Waals surface area contributed by atoms with Gasteiger partial charge in [0, 0.05) is 5.39 Å². The normalized spacial score (nSPS) is 12.1. The Morgan fingerprint density at radius 1 is 1.38 bits per heavy atom. The molecule has 8 heteroatoms. The minimum atomic E-state index is -4.32. The van der Waals surface area contributed by atoms with Crippen LogP contribution >= 0.6 is 0 Å². The zero-order valence-electron chi connectivity index (χ0n) is 11.2. The molecule has 0 fully saturated rings. The lowest BCUT2D eigenvalue weighted by Gasteiger charge is -2.17. The molecule has 2 aromatic rings. The summed E-state index contributed by atoms with van der Waals surface area (Å²) in [5, 5.41) is 0.510. The maximum Gasteiger partial charge on any atom is 0.401 e. The van der Waals surface area contributed by atoms with Crippen molar-refractivity contribution >= 4 is 16.9 Å². The first-order chi connectivity index (χ1) is 9.81. The molecule has 0 aliphatic carbocycles. The van der Waals surface area contributed by atoms with Gasteiger partial charge in [-0.1, -0.05) is 18.2 Å². The predicted octanol–water partition coefficient (Wildman–Crippen LogP) is 2.03. The fraction of sp³-hybridized carbons (Fsp3) is 0.308. The lowest BCUT2D eigenvalue weighted by Crippen LogP contribution is -2.33. The van der Waals surface area contributed by atoms with Crippen molar-refractivity contribution in [3.05, 3.63) is 35.6 Å². The molecule has 1 heterocycles. The molecular formula is C13H14F3N3O2. The fourth-order valence-corrected chi connectivity index (χ4v) is 2.14. The third-order valence-corrected chi connectivity index (χ3v) is 2.89. The van der Waals surface area contributed by atoms with E-state index in [1.54, 1.807) is 24.3 Å². The molecule has 0 atom stereocenters. The number of hydrogen-bond donors (Lipinski definition) is 2. The standard InChI is InChI=1S/C13H14F3N3O2/c1-19(7-13(14,15)16)6-10-11(12(20)18-17)8-4-2-3-5-9(8)21-10/h2-5H,6-7,17H2,1H3,(H,18,20). The average molecular weight is 301 g/mol. The summed E-state index contributed by atoms with van der Waals surface area (Å²) < 4.78 is 42.6. The van der Waals surface area contributed by atoms with Crippen LogP contribution in [-0.4, -0.2) is 30.6 Å². The molecule has 0 radical (unpaired) electrons. The summed E-state index contributed by atoms with van der Waals surface area (Å²) in [5.74, 6) is 4.66. The molecule has 0 unspecified atom stereocenters. The molecule has 21 heavy (non-hydrogen) atoms. The number of furan rings is 1. The van der Waals surface area contributed by atoms with Gasteiger partial charge in [-0.15, -0.1) is 0 Å². The van der Waals surface area contributed by atoms with Gasteiger partial charge >= 0.3 is 6.18 Å². The number of carbonyl (C=O) groups is 1. The van der Waals surface area contributed by atoms with E-state index in [1.165, 1.54) is 7.05 Å². The Morgan fingerprint density at radius 3 is 2.67 bits per heavy atom. The van der Waals surface area contributed by atoms with Crippen LogP contribution in [0.2, 0.25) is 0 Å². The van der Waals surface area contributed by atoms with Gasteiger partial charge in [0.25, 0.3) is 5.91 Å². The third-order valence-electron chi connectivity index (χ3n) is 2.89. The minimum absolute atomic E-state index is 0.144. The molecule has 1 aromatic heterocycles. The highest BCUT2D eigenvalue weighted by molar-refractivity contribution is 6.07. The van der Waals surface area contributed by atoms with E-state index >= 15 is 0 Å². The highest BCUT2D eigenvalue weighted by atomic mass is 19.4. The summed E-state index contributed by atoms with van der Waals surface area (Å²) in [6.45, 7) is -1.26. The van der Waals surface area contributed by atoms with Crippen molar-refractivity contribution in [2.24, 2.45) is 5.84 Å². The van der Waals surface area contributed by atoms with Gasteiger partial charge in [0.05, 0.1) is 18.7 Å². The fourth-order valence-electron chi connectivity index (χ4n) is 2.14. The smallest absolute Gasteiger partial charge is 0.401 e. The maximum absolute atomic E-state index is 12.4. The Hall–Kier alpha value is -2.06. The monoisotopic (exact) mass is 301 g/mol. The molecule has 0 bridgehead atoms. The molecule has 0 saturated heterocycles. The molecule has 0 aliphatic rings. The molecule has 0 aliphatic heterocycles. The molecule has 1 amide bonds. The molecule has 3 N–H and O–H groups in total. The summed E-state index contributed by atoms with van der Waals surface area (Å²) in [6.07, 6.45) is -4.32. The summed E-state index contributed by atoms with van der Waals surface area (Å²) >= 11 is 0. The van der Waals surface area contributed by atoms with Gasteiger partial charge in [-0.25, -0.2) is 5.84 Å². The van der Waals surface area contributed by atoms with Gasteiger partial charge in [-0.3, -0.25) is 15.1 Å². The van der Waals surface area contributed by atoms with E-state index in [4.69, 9.17) is 10.3 Å². The van der Waals surface area contributed by atoms with E-state index in [0.717, 1.165) is 4.90 Å². The second kappa shape index (κ2) is 5.74. The van der Waals surface area contributed by atoms with Crippen LogP contribution in [0.25, 0.3) is 11.0 Å². The van der Waals surface area contributed by atoms with Crippen LogP contribution in [0.5, 0.6) is 0 Å². The number of amides is 1. The SMILES string of the molecule is CN(Cc1oc2ccccc2c1C(=O)NN)CC(F)(F)F. The topological polar surface area (TPSA) is 71.5 Å². The zero-order chi connectivity index (χ0) is 15.6. The Balaban J connectivity index is 2.36. The van der Waals surface area contributed by atoms with E-state index in [-0.39, 0.29) is 17.9 Å². The summed E-state index contributed by atoms with van der Waals surface area (Å²) in [7, 11) is 1.30. The lowest BCUT2D eigenvalue weighted by molar-refractivity contribution is -0.144. The van der Waals surface area contributed by atoms with Crippen LogP contribution in [0, 0.1) is 0 Å². The summed E-state index contributed by atoms with van der Waals surface area (Å²) in [4.78, 5) is 12.9. The Labute approximate surface area is 118 Å². The second-order valence-electron chi connectivity index (χ2n) is 4.66. The van der Waals surface area contributed by atoms with Crippen molar-refractivity contribution in [3.8, 4) is 0 Å². The van der Waals surface area contributed by atoms with Gasteiger partial charge < -0.3 is 4.42 Å². The Bertz CT molecular complexity index is 652. The Kier molecular flexibility index (Phi) is 4.19. The number of nitrogens with one attached hydrogen (secondary N) is 1. The number of hydrogen-bond acceptors (Lipinski definition) is 4. The summed E-state index contributed by atoms with van der Waals surface area (Å²) in [6, 6.07) is 6.69. The van der Waals surface area contributed by atoms with Crippen molar-refractivity contribution < 1.29 is 22.4 Å². The van der Waals surface area contributed by atoms with Gasteiger partial charge in [0.1, 0.15) is 11.3 Å². The maximum atomic E-state index is 12.4. The first-order valence-corrected chi connectivity index (χ1v) is 6.08. The van der Waals surface area contributed by atoms with Crippen LogP contribution in [0.4, 0.5) is 13.2 Å². The number of carbonyl (C=O) groups excluding carboxylic acids is 1. The van der Waals surface area contributed by atoms with E-state index in [0.29, 0.717) is 11.0 Å². The first kappa shape index (κ1) is 15.3. The van der Waals surface area contributed by atoms with Gasteiger partial charge in [0.2, 0.25) is 0 Å². The number of para-hydroxylation sites is 1. The van der Waals surface area contributed by atoms with Gasteiger partial charge in [-0.05, 0) is 13.1 Å². The van der Waals surface area contributed by atoms with E-state index in [2.05, 4.69) is 0 Å². The van der Waals surface area contributed by atoms with E-state index in [9.17, 15) is 18.0 Å². The van der Waals surface area contributed by atoms with Crippen LogP contribution in [0.1, 0.15) is 16.1 Å². The number of benzene rings is 1. The quantitative estimate of drug-likeness (QED) is 0.515. The Morgan fingerprint density at radius 2 is 2.05 bits per heavy atom. The number of nitrogens with zero attached hydrogens (tertiary/aromatic N) is 1. The number of nitrogen functional groups attached to an aromatic ring is 1. The molecule has 0 saturated carbocycles. The van der Waals surface area contributed by atoms with Gasteiger partial charge in [-0.2, -0.15) is 13.2 Å². The first-order valence-electron chi connectivity index (χ1n) is 6.08. The second-order valence-corrected chi connectivity index (χ2v) is 4.66. The number of nitrogens with two attached hydrogens (primary N) is 1. The number of rotatable bonds is 4. The number of alkyl halides is 3. The highest BCUT2D eigenvalue weighted by Crippen LogP contribution is 2.27. The van der Waals surface area contributed by atoms with E-state index < -0.39 is 18.6 Å². The van der Waals surface area contributed by atoms with Crippen molar-refractivity contribution in [2.75, 3.05) is 13.6 Å². The molecule has 114 valence electrons. The average Bonchev–Trinajstić information content (AvgIpc) is 2.73. The van der Waals surface area contributed by atoms with Crippen LogP contribution in [0.15, 0.2) is 28.7 Å². The summed E-state index contributed by atoms with van der Waals surface area (Å²) in [5.41, 5.74) is 2.56. The van der Waals surface area contributed by atoms with Crippen molar-refractivity contribution in [2.45, 2.75) is 12.7 Å². The van der Waals surface area contributed by atoms with Crippen LogP contribution in [0.3, 0.4) is 0 Å². The van der Waals surface area contributed by atoms with Gasteiger partial charge in [0.15, 0.2) is 0 Å². The van der Waals surface area contributed by atoms with Crippen molar-refractivity contribution in [1.29, 1.82) is 0 Å². The zero-order valence-corrected chi connectivity index (χ0v) is 11.2. The number of hydrazine groups is 1. The third kappa shape index (κ3) is 3.53. The number of fused-ring (bicyclic) bond motifs is 1. The highest BCUT2D eigenvalue weighted by Gasteiger charge is 2.30. The minimum Gasteiger partial charge on any atom is -0.459 e. The predicted molar refractivity (Wildman–Crippen MR) is 70.3 cm³/mol. The van der Waals surface area contributed by atoms with Crippen LogP contribution in [-0.2, 0) is 6.54 Å². The number of halogens is 3. The van der Waals surface area contributed by atoms with Crippen molar-refractivity contribution in [1.82, 2.24) is 10.3 Å². The molecular weight excluding hydrogens is 287 g/mol. The largest absolute Gasteiger partial charge is 0.459 e. The molecule has 1 aromatic carbocycles. The lowest BCUT2D eigenvalue weighted by atomic mass is 10.1. The van der Waals surface area contributed by atoms with Crippen molar-refractivity contribution in [3.63, 3.8) is 0 Å².